The molecule has 0 saturated carbocycles. The second-order valence-electron chi connectivity index (χ2n) is 5.08. The van der Waals surface area contributed by atoms with E-state index in [1.54, 1.807) is 0 Å². The summed E-state index contributed by atoms with van der Waals surface area (Å²) in [5.74, 6) is -0.0386. The van der Waals surface area contributed by atoms with Gasteiger partial charge in [0.15, 0.2) is 0 Å². The summed E-state index contributed by atoms with van der Waals surface area (Å²) in [4.78, 5) is 14.0. The van der Waals surface area contributed by atoms with Crippen LogP contribution in [0.4, 0.5) is 0 Å². The fraction of sp³-hybridized carbons (Fsp3) is 0.467. The second-order valence-corrected chi connectivity index (χ2v) is 5.99. The highest BCUT2D eigenvalue weighted by atomic mass is 79.9. The van der Waals surface area contributed by atoms with Crippen molar-refractivity contribution in [1.82, 2.24) is 10.3 Å². The van der Waals surface area contributed by atoms with E-state index in [0.717, 1.165) is 28.8 Å². The fourth-order valence-corrected chi connectivity index (χ4v) is 2.52. The average molecular weight is 338 g/mol. The van der Waals surface area contributed by atoms with E-state index >= 15 is 0 Å². The normalized spacial score (nSPS) is 17.0. The van der Waals surface area contributed by atoms with Crippen LogP contribution in [-0.4, -0.2) is 36.2 Å². The van der Waals surface area contributed by atoms with Gasteiger partial charge in [-0.3, -0.25) is 9.69 Å². The largest absolute Gasteiger partial charge is 0.294 e. The maximum absolute atomic E-state index is 11.8. The molecule has 2 rings (SSSR count). The number of hydrazone groups is 1. The Morgan fingerprint density at radius 1 is 1.25 bits per heavy atom. The predicted molar refractivity (Wildman–Crippen MR) is 84.8 cm³/mol. The predicted octanol–water partition coefficient (Wildman–Crippen LogP) is 2.78. The Bertz CT molecular complexity index is 478. The Kier molecular flexibility index (Phi) is 5.73. The van der Waals surface area contributed by atoms with Crippen molar-refractivity contribution in [2.75, 3.05) is 19.6 Å². The van der Waals surface area contributed by atoms with Crippen LogP contribution >= 0.6 is 15.9 Å². The molecule has 5 heteroatoms. The van der Waals surface area contributed by atoms with Gasteiger partial charge in [-0.25, -0.2) is 5.43 Å². The van der Waals surface area contributed by atoms with Crippen LogP contribution in [0.2, 0.25) is 0 Å². The molecule has 0 atom stereocenters. The van der Waals surface area contributed by atoms with Crippen molar-refractivity contribution in [3.05, 3.63) is 34.3 Å². The maximum Gasteiger partial charge on any atom is 0.254 e. The molecule has 1 aromatic rings. The molecule has 1 aliphatic rings. The number of benzene rings is 1. The maximum atomic E-state index is 11.8. The lowest BCUT2D eigenvalue weighted by Gasteiger charge is -2.25. The van der Waals surface area contributed by atoms with E-state index in [1.807, 2.05) is 31.2 Å². The summed E-state index contributed by atoms with van der Waals surface area (Å²) >= 11 is 3.40. The number of hydrogen-bond acceptors (Lipinski definition) is 3. The summed E-state index contributed by atoms with van der Waals surface area (Å²) in [5, 5.41) is 4.16. The Morgan fingerprint density at radius 3 is 2.55 bits per heavy atom. The minimum absolute atomic E-state index is 0.0386. The van der Waals surface area contributed by atoms with Gasteiger partial charge < -0.3 is 0 Å². The van der Waals surface area contributed by atoms with E-state index in [2.05, 4.69) is 31.4 Å². The molecule has 0 bridgehead atoms. The van der Waals surface area contributed by atoms with Crippen molar-refractivity contribution in [3.63, 3.8) is 0 Å². The van der Waals surface area contributed by atoms with Gasteiger partial charge in [-0.05, 0) is 50.6 Å². The number of carbonyl (C=O) groups is 1. The van der Waals surface area contributed by atoms with Crippen LogP contribution in [0.15, 0.2) is 33.8 Å². The van der Waals surface area contributed by atoms with Crippen LogP contribution in [0.1, 0.15) is 31.7 Å². The highest BCUT2D eigenvalue weighted by molar-refractivity contribution is 9.10. The number of amides is 1. The summed E-state index contributed by atoms with van der Waals surface area (Å²) in [5.41, 5.74) is 4.45. The Hall–Kier alpha value is -1.20. The zero-order chi connectivity index (χ0) is 14.4. The molecule has 1 fully saturated rings. The summed E-state index contributed by atoms with van der Waals surface area (Å²) < 4.78 is 1.03. The first-order valence-electron chi connectivity index (χ1n) is 6.96. The van der Waals surface area contributed by atoms with Crippen molar-refractivity contribution in [2.24, 2.45) is 5.10 Å². The van der Waals surface area contributed by atoms with Crippen LogP contribution in [0.25, 0.3) is 0 Å². The van der Waals surface area contributed by atoms with Crippen molar-refractivity contribution < 1.29 is 4.79 Å². The summed E-state index contributed by atoms with van der Waals surface area (Å²) in [6.07, 6.45) is 3.65. The minimum atomic E-state index is -0.0386. The smallest absolute Gasteiger partial charge is 0.254 e. The first-order chi connectivity index (χ1) is 9.65. The monoisotopic (exact) mass is 337 g/mol. The van der Waals surface area contributed by atoms with E-state index in [-0.39, 0.29) is 5.91 Å². The van der Waals surface area contributed by atoms with Gasteiger partial charge in [0.2, 0.25) is 0 Å². The van der Waals surface area contributed by atoms with Gasteiger partial charge in [0.25, 0.3) is 5.91 Å². The molecule has 0 aromatic heterocycles. The molecule has 0 radical (unpaired) electrons. The van der Waals surface area contributed by atoms with Crippen molar-refractivity contribution in [2.45, 2.75) is 26.2 Å². The molecule has 0 spiro atoms. The SMILES string of the molecule is C/C(=N\NC(=O)CN1CCCCC1)c1ccc(Br)cc1. The number of likely N-dealkylation sites (tertiary alicyclic amines) is 1. The van der Waals surface area contributed by atoms with Crippen molar-refractivity contribution >= 4 is 27.5 Å². The molecular formula is C15H20BrN3O. The molecule has 1 heterocycles. The lowest BCUT2D eigenvalue weighted by atomic mass is 10.1. The number of piperidine rings is 1. The van der Waals surface area contributed by atoms with Crippen LogP contribution in [0, 0.1) is 0 Å². The molecule has 108 valence electrons. The standard InChI is InChI=1S/C15H20BrN3O/c1-12(13-5-7-14(16)8-6-13)17-18-15(20)11-19-9-3-2-4-10-19/h5-8H,2-4,9-11H2,1H3,(H,18,20)/b17-12+. The molecule has 1 saturated heterocycles. The highest BCUT2D eigenvalue weighted by Gasteiger charge is 2.13. The van der Waals surface area contributed by atoms with Gasteiger partial charge in [-0.2, -0.15) is 5.10 Å². The van der Waals surface area contributed by atoms with Crippen LogP contribution in [0.3, 0.4) is 0 Å². The van der Waals surface area contributed by atoms with E-state index in [1.165, 1.54) is 19.3 Å². The molecule has 1 aromatic carbocycles. The van der Waals surface area contributed by atoms with E-state index < -0.39 is 0 Å². The van der Waals surface area contributed by atoms with Gasteiger partial charge in [0.1, 0.15) is 0 Å². The molecular weight excluding hydrogens is 318 g/mol. The molecule has 1 N–H and O–H groups in total. The van der Waals surface area contributed by atoms with Crippen LogP contribution in [-0.2, 0) is 4.79 Å². The van der Waals surface area contributed by atoms with Gasteiger partial charge in [0.05, 0.1) is 12.3 Å². The summed E-state index contributed by atoms with van der Waals surface area (Å²) in [6.45, 7) is 4.37. The molecule has 0 unspecified atom stereocenters. The Labute approximate surface area is 128 Å². The Balaban J connectivity index is 1.84. The van der Waals surface area contributed by atoms with Gasteiger partial charge in [0, 0.05) is 4.47 Å². The summed E-state index contributed by atoms with van der Waals surface area (Å²) in [7, 11) is 0. The lowest BCUT2D eigenvalue weighted by Crippen LogP contribution is -2.38. The fourth-order valence-electron chi connectivity index (χ4n) is 2.26. The number of hydrogen-bond donors (Lipinski definition) is 1. The molecule has 20 heavy (non-hydrogen) atoms. The Morgan fingerprint density at radius 2 is 1.90 bits per heavy atom. The van der Waals surface area contributed by atoms with Crippen molar-refractivity contribution in [3.8, 4) is 0 Å². The third-order valence-corrected chi connectivity index (χ3v) is 3.95. The average Bonchev–Trinajstić information content (AvgIpc) is 2.46. The molecule has 4 nitrogen and oxygen atoms in total. The first kappa shape index (κ1) is 15.2. The second kappa shape index (κ2) is 7.55. The zero-order valence-electron chi connectivity index (χ0n) is 11.7. The van der Waals surface area contributed by atoms with E-state index in [9.17, 15) is 4.79 Å². The number of nitrogens with one attached hydrogen (secondary N) is 1. The van der Waals surface area contributed by atoms with Gasteiger partial charge in [-0.1, -0.05) is 34.5 Å². The number of carbonyl (C=O) groups excluding carboxylic acids is 1. The first-order valence-corrected chi connectivity index (χ1v) is 7.76. The topological polar surface area (TPSA) is 44.7 Å². The number of nitrogens with zero attached hydrogens (tertiary/aromatic N) is 2. The van der Waals surface area contributed by atoms with E-state index in [0.29, 0.717) is 6.54 Å². The number of rotatable bonds is 4. The van der Waals surface area contributed by atoms with Crippen molar-refractivity contribution in [1.29, 1.82) is 0 Å². The van der Waals surface area contributed by atoms with Gasteiger partial charge >= 0.3 is 0 Å². The third kappa shape index (κ3) is 4.72. The van der Waals surface area contributed by atoms with Crippen LogP contribution in [0.5, 0.6) is 0 Å². The molecule has 1 aliphatic heterocycles. The summed E-state index contributed by atoms with van der Waals surface area (Å²) in [6, 6.07) is 7.87. The van der Waals surface area contributed by atoms with Crippen LogP contribution < -0.4 is 5.43 Å². The minimum Gasteiger partial charge on any atom is -0.294 e. The number of halogens is 1. The quantitative estimate of drug-likeness (QED) is 0.678. The third-order valence-electron chi connectivity index (χ3n) is 3.43. The van der Waals surface area contributed by atoms with E-state index in [4.69, 9.17) is 0 Å². The van der Waals surface area contributed by atoms with Gasteiger partial charge in [-0.15, -0.1) is 0 Å². The molecule has 1 amide bonds. The highest BCUT2D eigenvalue weighted by Crippen LogP contribution is 2.11. The zero-order valence-corrected chi connectivity index (χ0v) is 13.3. The lowest BCUT2D eigenvalue weighted by molar-refractivity contribution is -0.122. The molecule has 0 aliphatic carbocycles.